The maximum atomic E-state index is 11.0. The number of aromatic amines is 2. The van der Waals surface area contributed by atoms with Gasteiger partial charge in [-0.25, -0.2) is 9.59 Å². The standard InChI is InChI=1S/C8H5ClN4O2/c9-4-2-1-3-10-5(4)6-11-7(14)13-8(15)12-6/h1-3H,(H2,11,12,13,14,15). The summed E-state index contributed by atoms with van der Waals surface area (Å²) in [5, 5.41) is 0.311. The van der Waals surface area contributed by atoms with Crippen LogP contribution in [0.15, 0.2) is 27.9 Å². The molecule has 0 aromatic carbocycles. The second-order valence-electron chi connectivity index (χ2n) is 2.68. The first-order chi connectivity index (χ1) is 7.16. The molecular weight excluding hydrogens is 220 g/mol. The van der Waals surface area contributed by atoms with Crippen molar-refractivity contribution in [3.05, 3.63) is 44.3 Å². The summed E-state index contributed by atoms with van der Waals surface area (Å²) in [4.78, 5) is 33.7. The van der Waals surface area contributed by atoms with E-state index in [9.17, 15) is 9.59 Å². The molecule has 6 nitrogen and oxygen atoms in total. The highest BCUT2D eigenvalue weighted by atomic mass is 35.5. The van der Waals surface area contributed by atoms with E-state index in [-0.39, 0.29) is 11.5 Å². The Bertz CT molecular complexity index is 576. The van der Waals surface area contributed by atoms with Crippen LogP contribution < -0.4 is 11.4 Å². The predicted octanol–water partition coefficient (Wildman–Crippen LogP) is 0.174. The van der Waals surface area contributed by atoms with Crippen molar-refractivity contribution in [2.75, 3.05) is 0 Å². The van der Waals surface area contributed by atoms with Gasteiger partial charge in [-0.05, 0) is 12.1 Å². The molecule has 2 rings (SSSR count). The van der Waals surface area contributed by atoms with Gasteiger partial charge in [0.05, 0.1) is 5.02 Å². The van der Waals surface area contributed by atoms with Crippen molar-refractivity contribution in [2.45, 2.75) is 0 Å². The Morgan fingerprint density at radius 3 is 2.73 bits per heavy atom. The van der Waals surface area contributed by atoms with Crippen molar-refractivity contribution in [3.63, 3.8) is 0 Å². The zero-order chi connectivity index (χ0) is 10.8. The van der Waals surface area contributed by atoms with Crippen LogP contribution in [0.4, 0.5) is 0 Å². The van der Waals surface area contributed by atoms with Crippen LogP contribution in [0.1, 0.15) is 0 Å². The fourth-order valence-corrected chi connectivity index (χ4v) is 1.28. The molecule has 0 unspecified atom stereocenters. The van der Waals surface area contributed by atoms with Gasteiger partial charge in [-0.2, -0.15) is 4.98 Å². The Morgan fingerprint density at radius 1 is 1.27 bits per heavy atom. The molecule has 2 aromatic rings. The molecule has 0 aliphatic carbocycles. The van der Waals surface area contributed by atoms with Crippen molar-refractivity contribution in [1.82, 2.24) is 19.9 Å². The van der Waals surface area contributed by atoms with E-state index in [1.165, 1.54) is 6.20 Å². The lowest BCUT2D eigenvalue weighted by Gasteiger charge is -1.99. The predicted molar refractivity (Wildman–Crippen MR) is 53.7 cm³/mol. The molecule has 0 amide bonds. The molecule has 7 heteroatoms. The minimum Gasteiger partial charge on any atom is -0.290 e. The van der Waals surface area contributed by atoms with E-state index in [0.717, 1.165) is 0 Å². The molecule has 0 fully saturated rings. The smallest absolute Gasteiger partial charge is 0.290 e. The first kappa shape index (κ1) is 9.60. The Kier molecular flexibility index (Phi) is 2.34. The Labute approximate surface area is 88.0 Å². The molecule has 2 aromatic heterocycles. The summed E-state index contributed by atoms with van der Waals surface area (Å²) < 4.78 is 0. The third-order valence-electron chi connectivity index (χ3n) is 1.65. The highest BCUT2D eigenvalue weighted by Crippen LogP contribution is 2.19. The van der Waals surface area contributed by atoms with Crippen LogP contribution >= 0.6 is 11.6 Å². The summed E-state index contributed by atoms with van der Waals surface area (Å²) in [6.45, 7) is 0. The number of hydrogen-bond acceptors (Lipinski definition) is 4. The van der Waals surface area contributed by atoms with Gasteiger partial charge in [0.25, 0.3) is 0 Å². The number of nitrogens with one attached hydrogen (secondary N) is 2. The SMILES string of the molecule is O=c1nc(-c2ncccc2Cl)[nH]c(=O)[nH]1. The quantitative estimate of drug-likeness (QED) is 0.723. The monoisotopic (exact) mass is 224 g/mol. The van der Waals surface area contributed by atoms with E-state index in [2.05, 4.69) is 15.0 Å². The molecule has 0 atom stereocenters. The van der Waals surface area contributed by atoms with Gasteiger partial charge in [-0.1, -0.05) is 11.6 Å². The summed E-state index contributed by atoms with van der Waals surface area (Å²) in [7, 11) is 0. The highest BCUT2D eigenvalue weighted by Gasteiger charge is 2.07. The number of aromatic nitrogens is 4. The number of halogens is 1. The van der Waals surface area contributed by atoms with Crippen LogP contribution in [0.3, 0.4) is 0 Å². The third kappa shape index (κ3) is 1.94. The van der Waals surface area contributed by atoms with E-state index in [0.29, 0.717) is 5.02 Å². The van der Waals surface area contributed by atoms with E-state index >= 15 is 0 Å². The van der Waals surface area contributed by atoms with Crippen molar-refractivity contribution in [2.24, 2.45) is 0 Å². The van der Waals surface area contributed by atoms with E-state index in [1.54, 1.807) is 12.1 Å². The van der Waals surface area contributed by atoms with Gasteiger partial charge >= 0.3 is 11.4 Å². The van der Waals surface area contributed by atoms with Gasteiger partial charge in [0.2, 0.25) is 0 Å². The minimum atomic E-state index is -0.740. The Morgan fingerprint density at radius 2 is 2.07 bits per heavy atom. The van der Waals surface area contributed by atoms with Crippen molar-refractivity contribution in [3.8, 4) is 11.5 Å². The van der Waals surface area contributed by atoms with Gasteiger partial charge in [-0.15, -0.1) is 0 Å². The highest BCUT2D eigenvalue weighted by molar-refractivity contribution is 6.32. The second kappa shape index (κ2) is 3.66. The molecule has 2 N–H and O–H groups in total. The van der Waals surface area contributed by atoms with Crippen molar-refractivity contribution >= 4 is 11.6 Å². The summed E-state index contributed by atoms with van der Waals surface area (Å²) >= 11 is 5.83. The number of hydrogen-bond donors (Lipinski definition) is 2. The van der Waals surface area contributed by atoms with Crippen molar-refractivity contribution < 1.29 is 0 Å². The normalized spacial score (nSPS) is 10.2. The molecule has 0 radical (unpaired) electrons. The molecule has 2 heterocycles. The van der Waals surface area contributed by atoms with Gasteiger partial charge < -0.3 is 0 Å². The number of H-pyrrole nitrogens is 2. The first-order valence-corrected chi connectivity index (χ1v) is 4.36. The van der Waals surface area contributed by atoms with Crippen LogP contribution in [0.5, 0.6) is 0 Å². The molecular formula is C8H5ClN4O2. The summed E-state index contributed by atoms with van der Waals surface area (Å²) in [5.74, 6) is 0.0503. The zero-order valence-corrected chi connectivity index (χ0v) is 8.08. The lowest BCUT2D eigenvalue weighted by molar-refractivity contribution is 0.936. The van der Waals surface area contributed by atoms with Crippen LogP contribution in [-0.2, 0) is 0 Å². The first-order valence-electron chi connectivity index (χ1n) is 3.98. The maximum Gasteiger partial charge on any atom is 0.351 e. The van der Waals surface area contributed by atoms with Gasteiger partial charge in [0.15, 0.2) is 5.82 Å². The van der Waals surface area contributed by atoms with E-state index in [4.69, 9.17) is 11.6 Å². The van der Waals surface area contributed by atoms with Crippen molar-refractivity contribution in [1.29, 1.82) is 0 Å². The third-order valence-corrected chi connectivity index (χ3v) is 1.95. The van der Waals surface area contributed by atoms with Gasteiger partial charge in [-0.3, -0.25) is 15.0 Å². The average molecular weight is 225 g/mol. The molecule has 15 heavy (non-hydrogen) atoms. The molecule has 76 valence electrons. The molecule has 0 bridgehead atoms. The number of rotatable bonds is 1. The number of pyridine rings is 1. The Balaban J connectivity index is 2.70. The van der Waals surface area contributed by atoms with E-state index in [1.807, 2.05) is 4.98 Å². The zero-order valence-electron chi connectivity index (χ0n) is 7.32. The fraction of sp³-hybridized carbons (Fsp3) is 0. The number of nitrogens with zero attached hydrogens (tertiary/aromatic N) is 2. The van der Waals surface area contributed by atoms with Crippen LogP contribution in [-0.4, -0.2) is 19.9 Å². The molecule has 0 saturated heterocycles. The lowest BCUT2D eigenvalue weighted by Crippen LogP contribution is -2.25. The Hall–Kier alpha value is -1.95. The largest absolute Gasteiger partial charge is 0.351 e. The second-order valence-corrected chi connectivity index (χ2v) is 3.09. The molecule has 0 aliphatic heterocycles. The minimum absolute atomic E-state index is 0.0503. The van der Waals surface area contributed by atoms with Crippen LogP contribution in [0.25, 0.3) is 11.5 Å². The van der Waals surface area contributed by atoms with E-state index < -0.39 is 11.4 Å². The average Bonchev–Trinajstić information content (AvgIpc) is 2.16. The van der Waals surface area contributed by atoms with Gasteiger partial charge in [0.1, 0.15) is 5.69 Å². The molecule has 0 saturated carbocycles. The maximum absolute atomic E-state index is 11.0. The molecule has 0 aliphatic rings. The fourth-order valence-electron chi connectivity index (χ4n) is 1.07. The van der Waals surface area contributed by atoms with Crippen LogP contribution in [0.2, 0.25) is 5.02 Å². The summed E-state index contributed by atoms with van der Waals surface area (Å²) in [6.07, 6.45) is 1.49. The topological polar surface area (TPSA) is 91.5 Å². The lowest BCUT2D eigenvalue weighted by atomic mass is 10.3. The van der Waals surface area contributed by atoms with Crippen LogP contribution in [0, 0.1) is 0 Å². The summed E-state index contributed by atoms with van der Waals surface area (Å²) in [5.41, 5.74) is -1.12. The molecule has 0 spiro atoms. The van der Waals surface area contributed by atoms with Gasteiger partial charge in [0, 0.05) is 6.20 Å². The summed E-state index contributed by atoms with van der Waals surface area (Å²) in [6, 6.07) is 3.22.